The molecule has 3 rings (SSSR count). The number of amides is 1. The zero-order valence-electron chi connectivity index (χ0n) is 18.6. The third kappa shape index (κ3) is 8.49. The van der Waals surface area contributed by atoms with E-state index in [0.29, 0.717) is 17.9 Å². The molecule has 7 nitrogen and oxygen atoms in total. The summed E-state index contributed by atoms with van der Waals surface area (Å²) in [4.78, 5) is 19.4. The number of hydrogen-bond donors (Lipinski definition) is 2. The molecule has 0 aromatic carbocycles. The summed E-state index contributed by atoms with van der Waals surface area (Å²) in [6.07, 6.45) is 8.74. The summed E-state index contributed by atoms with van der Waals surface area (Å²) in [6, 6.07) is 0.294. The van der Waals surface area contributed by atoms with Gasteiger partial charge < -0.3 is 25.0 Å². The number of guanidine groups is 1. The summed E-state index contributed by atoms with van der Waals surface area (Å²) in [6.45, 7) is 8.69. The Labute approximate surface area is 199 Å². The molecule has 1 atom stereocenters. The van der Waals surface area contributed by atoms with Crippen LogP contribution in [0.15, 0.2) is 4.99 Å². The molecule has 2 aliphatic heterocycles. The molecule has 1 unspecified atom stereocenters. The molecule has 1 aliphatic carbocycles. The SMILES string of the molecule is CCNC(=NCCCOCC1CCOCC1)NC1CCN(C(=O)C2CCCC2)C1.I. The van der Waals surface area contributed by atoms with Gasteiger partial charge in [-0.25, -0.2) is 0 Å². The molecule has 3 fully saturated rings. The highest BCUT2D eigenvalue weighted by Crippen LogP contribution is 2.27. The maximum absolute atomic E-state index is 12.6. The Bertz CT molecular complexity index is 523. The van der Waals surface area contributed by atoms with Gasteiger partial charge in [-0.2, -0.15) is 0 Å². The van der Waals surface area contributed by atoms with E-state index in [1.165, 1.54) is 12.8 Å². The molecule has 2 heterocycles. The quantitative estimate of drug-likeness (QED) is 0.205. The molecule has 0 aromatic heterocycles. The molecule has 2 saturated heterocycles. The zero-order valence-corrected chi connectivity index (χ0v) is 20.9. The monoisotopic (exact) mass is 536 g/mol. The third-order valence-corrected chi connectivity index (χ3v) is 6.30. The van der Waals surface area contributed by atoms with Gasteiger partial charge in [-0.3, -0.25) is 9.79 Å². The molecule has 3 aliphatic rings. The van der Waals surface area contributed by atoms with Crippen molar-refractivity contribution in [2.75, 3.05) is 52.6 Å². The van der Waals surface area contributed by atoms with Crippen LogP contribution in [0.4, 0.5) is 0 Å². The van der Waals surface area contributed by atoms with Crippen LogP contribution in [-0.4, -0.2) is 75.4 Å². The molecule has 1 saturated carbocycles. The van der Waals surface area contributed by atoms with Crippen molar-refractivity contribution < 1.29 is 14.3 Å². The first-order chi connectivity index (χ1) is 14.3. The van der Waals surface area contributed by atoms with Gasteiger partial charge >= 0.3 is 0 Å². The fourth-order valence-corrected chi connectivity index (χ4v) is 4.54. The van der Waals surface area contributed by atoms with Crippen molar-refractivity contribution in [3.05, 3.63) is 0 Å². The lowest BCUT2D eigenvalue weighted by atomic mass is 10.0. The average Bonchev–Trinajstić information content (AvgIpc) is 3.43. The average molecular weight is 536 g/mol. The summed E-state index contributed by atoms with van der Waals surface area (Å²) >= 11 is 0. The number of hydrogen-bond acceptors (Lipinski definition) is 4. The highest BCUT2D eigenvalue weighted by Gasteiger charge is 2.32. The van der Waals surface area contributed by atoms with E-state index in [9.17, 15) is 4.79 Å². The van der Waals surface area contributed by atoms with Crippen LogP contribution >= 0.6 is 24.0 Å². The number of nitrogens with zero attached hydrogens (tertiary/aromatic N) is 2. The van der Waals surface area contributed by atoms with Crippen LogP contribution in [0.5, 0.6) is 0 Å². The van der Waals surface area contributed by atoms with Crippen LogP contribution in [0.2, 0.25) is 0 Å². The maximum atomic E-state index is 12.6. The third-order valence-electron chi connectivity index (χ3n) is 6.30. The van der Waals surface area contributed by atoms with Gasteiger partial charge in [0.25, 0.3) is 0 Å². The van der Waals surface area contributed by atoms with Gasteiger partial charge in [0.2, 0.25) is 5.91 Å². The first-order valence-electron chi connectivity index (χ1n) is 11.8. The summed E-state index contributed by atoms with van der Waals surface area (Å²) in [5.74, 6) is 2.16. The van der Waals surface area contributed by atoms with Crippen LogP contribution in [0, 0.1) is 11.8 Å². The molecule has 0 spiro atoms. The van der Waals surface area contributed by atoms with Gasteiger partial charge in [-0.05, 0) is 51.4 Å². The van der Waals surface area contributed by atoms with Gasteiger partial charge in [0.15, 0.2) is 5.96 Å². The maximum Gasteiger partial charge on any atom is 0.225 e. The molecule has 1 amide bonds. The summed E-state index contributed by atoms with van der Waals surface area (Å²) in [7, 11) is 0. The topological polar surface area (TPSA) is 75.2 Å². The number of aliphatic imine (C=N–C) groups is 1. The Morgan fingerprint density at radius 1 is 1.17 bits per heavy atom. The van der Waals surface area contributed by atoms with Crippen molar-refractivity contribution in [1.82, 2.24) is 15.5 Å². The lowest BCUT2D eigenvalue weighted by molar-refractivity contribution is -0.134. The van der Waals surface area contributed by atoms with Crippen LogP contribution in [-0.2, 0) is 14.3 Å². The fourth-order valence-electron chi connectivity index (χ4n) is 4.54. The number of likely N-dealkylation sites (tertiary alicyclic amines) is 1. The molecule has 0 aromatic rings. The van der Waals surface area contributed by atoms with Crippen LogP contribution in [0.1, 0.15) is 58.3 Å². The summed E-state index contributed by atoms with van der Waals surface area (Å²) < 4.78 is 11.2. The molecule has 174 valence electrons. The first-order valence-corrected chi connectivity index (χ1v) is 11.8. The minimum atomic E-state index is 0. The van der Waals surface area contributed by atoms with Crippen LogP contribution < -0.4 is 10.6 Å². The van der Waals surface area contributed by atoms with E-state index in [1.807, 2.05) is 0 Å². The van der Waals surface area contributed by atoms with Crippen molar-refractivity contribution in [1.29, 1.82) is 0 Å². The number of nitrogens with one attached hydrogen (secondary N) is 2. The smallest absolute Gasteiger partial charge is 0.225 e. The van der Waals surface area contributed by atoms with E-state index in [0.717, 1.165) is 97.1 Å². The van der Waals surface area contributed by atoms with E-state index in [-0.39, 0.29) is 29.9 Å². The molecule has 8 heteroatoms. The minimum absolute atomic E-state index is 0. The number of ether oxygens (including phenoxy) is 2. The second-order valence-corrected chi connectivity index (χ2v) is 8.64. The van der Waals surface area contributed by atoms with Crippen molar-refractivity contribution >= 4 is 35.8 Å². The molecular formula is C22H41IN4O3. The summed E-state index contributed by atoms with van der Waals surface area (Å²) in [5.41, 5.74) is 0. The molecule has 30 heavy (non-hydrogen) atoms. The number of carbonyl (C=O) groups is 1. The van der Waals surface area contributed by atoms with E-state index in [1.54, 1.807) is 0 Å². The Hall–Kier alpha value is -0.610. The second-order valence-electron chi connectivity index (χ2n) is 8.64. The fraction of sp³-hybridized carbons (Fsp3) is 0.909. The zero-order chi connectivity index (χ0) is 20.3. The normalized spacial score (nSPS) is 23.4. The number of carbonyl (C=O) groups excluding carboxylic acids is 1. The van der Waals surface area contributed by atoms with Crippen molar-refractivity contribution in [2.24, 2.45) is 16.8 Å². The Morgan fingerprint density at radius 3 is 2.67 bits per heavy atom. The highest BCUT2D eigenvalue weighted by atomic mass is 127. The van der Waals surface area contributed by atoms with Gasteiger partial charge in [-0.15, -0.1) is 24.0 Å². The Morgan fingerprint density at radius 2 is 1.93 bits per heavy atom. The Balaban J connectivity index is 0.00000320. The number of halogens is 1. The van der Waals surface area contributed by atoms with Crippen molar-refractivity contribution in [3.63, 3.8) is 0 Å². The van der Waals surface area contributed by atoms with E-state index >= 15 is 0 Å². The van der Waals surface area contributed by atoms with Gasteiger partial charge in [0.1, 0.15) is 0 Å². The lowest BCUT2D eigenvalue weighted by Crippen LogP contribution is -2.45. The number of rotatable bonds is 9. The van der Waals surface area contributed by atoms with Crippen LogP contribution in [0.3, 0.4) is 0 Å². The van der Waals surface area contributed by atoms with E-state index < -0.39 is 0 Å². The minimum Gasteiger partial charge on any atom is -0.381 e. The molecular weight excluding hydrogens is 495 g/mol. The van der Waals surface area contributed by atoms with Gasteiger partial charge in [0.05, 0.1) is 0 Å². The molecule has 0 bridgehead atoms. The van der Waals surface area contributed by atoms with E-state index in [2.05, 4.69) is 22.5 Å². The highest BCUT2D eigenvalue weighted by molar-refractivity contribution is 14.0. The second kappa shape index (κ2) is 14.5. The van der Waals surface area contributed by atoms with E-state index in [4.69, 9.17) is 14.5 Å². The predicted octanol–water partition coefficient (Wildman–Crippen LogP) is 2.78. The van der Waals surface area contributed by atoms with Gasteiger partial charge in [0, 0.05) is 64.6 Å². The first kappa shape index (κ1) is 25.6. The standard InChI is InChI=1S/C22H40N4O3.HI/c1-2-23-22(24-11-5-13-29-17-18-9-14-28-15-10-18)25-20-8-12-26(16-20)21(27)19-6-3-4-7-19;/h18-20H,2-17H2,1H3,(H2,23,24,25);1H. The van der Waals surface area contributed by atoms with Crippen LogP contribution in [0.25, 0.3) is 0 Å². The van der Waals surface area contributed by atoms with Crippen molar-refractivity contribution in [3.8, 4) is 0 Å². The Kier molecular flexibility index (Phi) is 12.4. The molecule has 2 N–H and O–H groups in total. The lowest BCUT2D eigenvalue weighted by Gasteiger charge is -2.22. The van der Waals surface area contributed by atoms with Crippen molar-refractivity contribution in [2.45, 2.75) is 64.3 Å². The van der Waals surface area contributed by atoms with Gasteiger partial charge in [-0.1, -0.05) is 12.8 Å². The summed E-state index contributed by atoms with van der Waals surface area (Å²) in [5, 5.41) is 6.86. The largest absolute Gasteiger partial charge is 0.381 e. The molecule has 0 radical (unpaired) electrons. The predicted molar refractivity (Wildman–Crippen MR) is 130 cm³/mol.